The zero-order valence-electron chi connectivity index (χ0n) is 78.0. The van der Waals surface area contributed by atoms with Gasteiger partial charge in [0.2, 0.25) is 94.5 Å². The van der Waals surface area contributed by atoms with Crippen LogP contribution in [0.15, 0.2) is 110 Å². The molecule has 9 rings (SSSR count). The minimum Gasteiger partial charge on any atom is -0.497 e. The molecular formula is C93H128N22O21S. The van der Waals surface area contributed by atoms with Crippen LogP contribution in [0.4, 0.5) is 0 Å². The summed E-state index contributed by atoms with van der Waals surface area (Å²) < 4.78 is 5.34. The maximum atomic E-state index is 15.9. The van der Waals surface area contributed by atoms with E-state index < -0.39 is 234 Å². The van der Waals surface area contributed by atoms with E-state index in [0.717, 1.165) is 26.5 Å². The Hall–Kier alpha value is -13.8. The van der Waals surface area contributed by atoms with Gasteiger partial charge in [0.1, 0.15) is 90.3 Å². The number of para-hydroxylation sites is 2. The van der Waals surface area contributed by atoms with Crippen LogP contribution >= 0.6 is 11.8 Å². The van der Waals surface area contributed by atoms with Crippen LogP contribution in [0.2, 0.25) is 0 Å². The number of carbonyl (C=O) groups excluding carboxylic acids is 16. The molecule has 742 valence electrons. The second kappa shape index (κ2) is 51.8. The molecule has 3 aliphatic heterocycles. The highest BCUT2D eigenvalue weighted by Gasteiger charge is 2.47. The van der Waals surface area contributed by atoms with Gasteiger partial charge in [0.05, 0.1) is 32.2 Å². The van der Waals surface area contributed by atoms with Crippen LogP contribution in [-0.4, -0.2) is 318 Å². The lowest BCUT2D eigenvalue weighted by Crippen LogP contribution is -2.61. The SMILES string of the molecule is C=C[C@@H]1C[C@H]2C(=O)N[C@@H](Cc3c[nH]c4ccccc34)C(=O)N[C@@H](CCN)C(=O)N[C@@H](Cc3c[nH]c4ccccc34)C(=O)N(C)[C@@H](CCCC)C(=O)N(C)[C@@H](CCCC)C(=O)N[C@@H](CCCN)C(=O)N[C@H](C(=O)NCC(N)=O)CSCC(=O)N[C@@H](Cc3ccc(OC)cc3)C(=O)N(C)[C@@H](C)C(=O)N[C@@H](CC(=O)O)C(=O)N3CCC[C@H]3C(=O)N[C@@H](Cc3cnc[nH]3)C(=O)N[C@@H](CCC(=O)O)C(=O)N2C1. The fraction of sp³-hybridized carbons (Fsp3) is 0.516. The molecule has 6 heterocycles. The van der Waals surface area contributed by atoms with Crippen molar-refractivity contribution in [3.63, 3.8) is 0 Å². The van der Waals surface area contributed by atoms with E-state index in [1.165, 1.54) is 63.6 Å². The van der Waals surface area contributed by atoms with E-state index in [1.807, 2.05) is 13.8 Å². The molecule has 137 heavy (non-hydrogen) atoms. The number of carboxylic acid groups (broad SMARTS) is 2. The average Bonchev–Trinajstić information content (AvgIpc) is 1.68. The summed E-state index contributed by atoms with van der Waals surface area (Å²) in [6.45, 7) is 7.55. The number of likely N-dealkylation sites (N-methyl/N-ethyl adjacent to an activating group) is 3. The number of methoxy groups -OCH3 is 1. The topological polar surface area (TPSA) is 632 Å². The summed E-state index contributed by atoms with van der Waals surface area (Å²) in [6, 6.07) is -1.19. The Morgan fingerprint density at radius 1 is 0.547 bits per heavy atom. The van der Waals surface area contributed by atoms with Gasteiger partial charge in [-0.2, -0.15) is 0 Å². The first-order chi connectivity index (χ1) is 65.5. The lowest BCUT2D eigenvalue weighted by atomic mass is 9.99. The molecule has 44 heteroatoms. The summed E-state index contributed by atoms with van der Waals surface area (Å²) in [5, 5.41) is 48.4. The third-order valence-electron chi connectivity index (χ3n) is 24.8. The van der Waals surface area contributed by atoms with Crippen molar-refractivity contribution in [3.05, 3.63) is 133 Å². The number of rotatable bonds is 29. The van der Waals surface area contributed by atoms with E-state index in [1.54, 1.807) is 85.2 Å². The standard InChI is InChI=1S/C93H128N22O21S/c1-9-12-25-72-86(128)104-63(24-18-35-94)82(124)110-71(81(123)100-47-76(96)116)49-137-50-77(117)102-68(38-54-28-30-58(136-8)31-29-54)89(131)111(5)52(4)80(122)108-70(43-79(120)121)92(134)114-37-19-27-73(114)87(129)107-67(42-57-46-97-51-101-57)85(127)105-65(32-33-78(118)119)91(133)115-48-53(11-3)39-75(115)88(130)106-66(40-55-44-98-61-22-16-14-20-59(55)61)84(126)103-64(34-36-95)83(125)109-69(41-56-45-99-62-23-17-15-21-60(56)62)90(132)113(7)74(26-13-10-2)93(135)112(72)6/h11,14-17,20-23,28-31,44-46,51-53,63-75,98-99H,3,9-10,12-13,18-19,24-27,32-43,47-50,94-95H2,1-2,4-8H3,(H2,96,116)(H,97,101)(H,100,123)(H,102,117)(H,103,126)(H,104,128)(H,105,127)(H,106,130)(H,107,129)(H,108,122)(H,109,125)(H,110,124)(H,118,119)(H,120,121)/t52-,53+,63-,64-,65-,66-,67-,68-,69-,70-,71-,72-,73-,74-,75-/m0/s1. The van der Waals surface area contributed by atoms with Gasteiger partial charge in [-0.25, -0.2) is 4.98 Å². The summed E-state index contributed by atoms with van der Waals surface area (Å²) >= 11 is 0.785. The van der Waals surface area contributed by atoms with Crippen LogP contribution < -0.4 is 75.1 Å². The number of benzene rings is 3. The molecule has 3 saturated heterocycles. The number of carbonyl (C=O) groups is 18. The number of imidazole rings is 1. The highest BCUT2D eigenvalue weighted by atomic mass is 32.2. The monoisotopic (exact) mass is 1920 g/mol. The molecule has 21 N–H and O–H groups in total. The Kier molecular flexibility index (Phi) is 40.4. The normalized spacial score (nSPS) is 24.5. The molecule has 0 saturated carbocycles. The lowest BCUT2D eigenvalue weighted by molar-refractivity contribution is -0.149. The van der Waals surface area contributed by atoms with E-state index in [2.05, 4.69) is 79.7 Å². The molecule has 15 atom stereocenters. The van der Waals surface area contributed by atoms with Crippen molar-refractivity contribution in [1.29, 1.82) is 0 Å². The summed E-state index contributed by atoms with van der Waals surface area (Å²) in [4.78, 5) is 282. The second-order valence-electron chi connectivity index (χ2n) is 34.6. The number of ether oxygens (including phenoxy) is 1. The van der Waals surface area contributed by atoms with Crippen molar-refractivity contribution in [1.82, 2.24) is 97.6 Å². The van der Waals surface area contributed by atoms with Crippen molar-refractivity contribution in [2.45, 2.75) is 227 Å². The fourth-order valence-corrected chi connectivity index (χ4v) is 17.8. The van der Waals surface area contributed by atoms with Gasteiger partial charge in [0.25, 0.3) is 0 Å². The number of hydrogen-bond donors (Lipinski definition) is 18. The van der Waals surface area contributed by atoms with Crippen molar-refractivity contribution >= 4 is 140 Å². The van der Waals surface area contributed by atoms with Crippen molar-refractivity contribution in [2.75, 3.05) is 72.5 Å². The first kappa shape index (κ1) is 107. The number of nitrogens with zero attached hydrogens (tertiary/aromatic N) is 6. The molecule has 0 bridgehead atoms. The van der Waals surface area contributed by atoms with Gasteiger partial charge in [-0.3, -0.25) is 86.3 Å². The maximum Gasteiger partial charge on any atom is 0.305 e. The van der Waals surface area contributed by atoms with Crippen molar-refractivity contribution < 1.29 is 101 Å². The minimum atomic E-state index is -1.92. The quantitative estimate of drug-likeness (QED) is 0.0252. The molecule has 3 fully saturated rings. The number of thioether (sulfide) groups is 1. The van der Waals surface area contributed by atoms with Gasteiger partial charge in [-0.05, 0) is 125 Å². The Morgan fingerprint density at radius 3 is 1.68 bits per heavy atom. The van der Waals surface area contributed by atoms with Gasteiger partial charge in [0.15, 0.2) is 0 Å². The molecule has 16 amide bonds. The number of amides is 16. The minimum absolute atomic E-state index is 0.00446. The summed E-state index contributed by atoms with van der Waals surface area (Å²) in [7, 11) is 5.39. The Balaban J connectivity index is 1.11. The zero-order valence-corrected chi connectivity index (χ0v) is 78.9. The van der Waals surface area contributed by atoms with Crippen LogP contribution in [0.25, 0.3) is 21.8 Å². The third kappa shape index (κ3) is 29.6. The van der Waals surface area contributed by atoms with E-state index in [-0.39, 0.29) is 109 Å². The number of unbranched alkanes of at least 4 members (excludes halogenated alkanes) is 2. The average molecular weight is 1920 g/mol. The molecule has 43 nitrogen and oxygen atoms in total. The Morgan fingerprint density at radius 2 is 1.09 bits per heavy atom. The van der Waals surface area contributed by atoms with E-state index in [4.69, 9.17) is 21.9 Å². The second-order valence-corrected chi connectivity index (χ2v) is 35.6. The molecule has 0 unspecified atom stereocenters. The lowest BCUT2D eigenvalue weighted by Gasteiger charge is -2.36. The number of nitrogens with one attached hydrogen (secondary N) is 13. The molecule has 0 aliphatic carbocycles. The number of H-pyrrole nitrogens is 3. The van der Waals surface area contributed by atoms with E-state index in [0.29, 0.717) is 69.9 Å². The number of aliphatic carboxylic acids is 2. The first-order valence-electron chi connectivity index (χ1n) is 46.0. The molecule has 3 aromatic heterocycles. The van der Waals surface area contributed by atoms with Gasteiger partial charge in [0, 0.05) is 118 Å². The molecule has 3 aliphatic rings. The number of fused-ring (bicyclic) bond motifs is 4. The number of carboxylic acids is 2. The number of aromatic amines is 3. The molecule has 3 aromatic carbocycles. The third-order valence-corrected chi connectivity index (χ3v) is 25.9. The van der Waals surface area contributed by atoms with Gasteiger partial charge in [-0.15, -0.1) is 18.3 Å². The number of nitrogens with two attached hydrogens (primary N) is 3. The van der Waals surface area contributed by atoms with Crippen LogP contribution in [-0.2, 0) is 112 Å². The highest BCUT2D eigenvalue weighted by molar-refractivity contribution is 8.00. The number of hydrogen-bond acceptors (Lipinski definition) is 23. The highest BCUT2D eigenvalue weighted by Crippen LogP contribution is 2.30. The fourth-order valence-electron chi connectivity index (χ4n) is 17.0. The zero-order chi connectivity index (χ0) is 99.9. The van der Waals surface area contributed by atoms with Gasteiger partial charge >= 0.3 is 11.9 Å². The Labute approximate surface area is 796 Å². The number of primary amides is 1. The van der Waals surface area contributed by atoms with E-state index in [9.17, 15) is 58.2 Å². The Bertz CT molecular complexity index is 5280. The molecule has 6 aromatic rings. The predicted molar refractivity (Wildman–Crippen MR) is 504 cm³/mol. The van der Waals surface area contributed by atoms with Crippen molar-refractivity contribution in [3.8, 4) is 5.75 Å². The summed E-state index contributed by atoms with van der Waals surface area (Å²) in [6.07, 6.45) is 5.26. The summed E-state index contributed by atoms with van der Waals surface area (Å²) in [5.74, 6) is -19.0. The van der Waals surface area contributed by atoms with Crippen LogP contribution in [0.1, 0.15) is 139 Å². The van der Waals surface area contributed by atoms with Crippen LogP contribution in [0, 0.1) is 5.92 Å². The maximum absolute atomic E-state index is 15.9. The molecular weight excluding hydrogens is 1790 g/mol. The summed E-state index contributed by atoms with van der Waals surface area (Å²) in [5.41, 5.74) is 20.8. The predicted octanol–water partition coefficient (Wildman–Crippen LogP) is -0.934. The van der Waals surface area contributed by atoms with Gasteiger partial charge < -0.3 is 125 Å². The van der Waals surface area contributed by atoms with Gasteiger partial charge in [-0.1, -0.05) is 94.1 Å². The van der Waals surface area contributed by atoms with Crippen LogP contribution in [0.5, 0.6) is 5.75 Å². The smallest absolute Gasteiger partial charge is 0.305 e. The van der Waals surface area contributed by atoms with Crippen molar-refractivity contribution in [2.24, 2.45) is 23.1 Å². The molecule has 0 spiro atoms. The first-order valence-corrected chi connectivity index (χ1v) is 47.1. The van der Waals surface area contributed by atoms with E-state index >= 15 is 38.4 Å². The molecule has 0 radical (unpaired) electrons. The number of aromatic nitrogens is 4. The van der Waals surface area contributed by atoms with Crippen LogP contribution in [0.3, 0.4) is 0 Å². The largest absolute Gasteiger partial charge is 0.497 e.